The van der Waals surface area contributed by atoms with E-state index in [-0.39, 0.29) is 23.1 Å². The Bertz CT molecular complexity index is 446. The number of ether oxygens (including phenoxy) is 1. The number of carbonyl (C=O) groups is 1. The summed E-state index contributed by atoms with van der Waals surface area (Å²) >= 11 is 0. The number of nitriles is 1. The molecule has 0 unspecified atom stereocenters. The van der Waals surface area contributed by atoms with Crippen LogP contribution in [0.15, 0.2) is 12.3 Å². The number of aromatic carboxylic acids is 1. The van der Waals surface area contributed by atoms with E-state index in [1.807, 2.05) is 0 Å². The molecule has 0 amide bonds. The molecule has 0 bridgehead atoms. The van der Waals surface area contributed by atoms with Gasteiger partial charge in [-0.3, -0.25) is 0 Å². The second kappa shape index (κ2) is 3.58. The summed E-state index contributed by atoms with van der Waals surface area (Å²) in [7, 11) is 0. The molecule has 1 fully saturated rings. The highest BCUT2D eigenvalue weighted by atomic mass is 16.5. The van der Waals surface area contributed by atoms with Crippen molar-refractivity contribution in [3.8, 4) is 11.8 Å². The minimum Gasteiger partial charge on any atom is -0.489 e. The molecule has 0 aromatic carbocycles. The molecule has 5 heteroatoms. The fourth-order valence-corrected chi connectivity index (χ4v) is 1.20. The molecular weight excluding hydrogens is 196 g/mol. The zero-order chi connectivity index (χ0) is 10.8. The minimum atomic E-state index is -1.18. The summed E-state index contributed by atoms with van der Waals surface area (Å²) in [5.74, 6) is -0.952. The van der Waals surface area contributed by atoms with Crippen LogP contribution in [0.25, 0.3) is 0 Å². The molecule has 2 rings (SSSR count). The first kappa shape index (κ1) is 9.46. The van der Waals surface area contributed by atoms with Gasteiger partial charge in [-0.1, -0.05) is 0 Å². The first-order chi connectivity index (χ1) is 7.22. The van der Waals surface area contributed by atoms with Gasteiger partial charge in [-0.25, -0.2) is 9.78 Å². The summed E-state index contributed by atoms with van der Waals surface area (Å²) in [6, 6.07) is 3.21. The van der Waals surface area contributed by atoms with Gasteiger partial charge in [-0.05, 0) is 18.9 Å². The van der Waals surface area contributed by atoms with Crippen LogP contribution in [0.3, 0.4) is 0 Å². The molecule has 1 N–H and O–H groups in total. The van der Waals surface area contributed by atoms with Crippen molar-refractivity contribution in [2.75, 3.05) is 0 Å². The monoisotopic (exact) mass is 204 g/mol. The number of rotatable bonds is 3. The maximum Gasteiger partial charge on any atom is 0.342 e. The minimum absolute atomic E-state index is 0.0945. The Morgan fingerprint density at radius 1 is 1.67 bits per heavy atom. The third kappa shape index (κ3) is 1.89. The van der Waals surface area contributed by atoms with E-state index in [0.29, 0.717) is 0 Å². The van der Waals surface area contributed by atoms with E-state index in [0.717, 1.165) is 12.8 Å². The van der Waals surface area contributed by atoms with Crippen LogP contribution in [-0.4, -0.2) is 22.2 Å². The van der Waals surface area contributed by atoms with Crippen LogP contribution in [0.4, 0.5) is 0 Å². The van der Waals surface area contributed by atoms with Crippen molar-refractivity contribution in [2.24, 2.45) is 0 Å². The molecule has 76 valence electrons. The Kier molecular flexibility index (Phi) is 2.26. The van der Waals surface area contributed by atoms with Crippen molar-refractivity contribution in [3.63, 3.8) is 0 Å². The van der Waals surface area contributed by atoms with Crippen molar-refractivity contribution in [1.29, 1.82) is 5.26 Å². The normalized spacial score (nSPS) is 14.3. The average Bonchev–Trinajstić information content (AvgIpc) is 3.01. The fraction of sp³-hybridized carbons (Fsp3) is 0.300. The van der Waals surface area contributed by atoms with Crippen molar-refractivity contribution in [2.45, 2.75) is 18.9 Å². The highest BCUT2D eigenvalue weighted by molar-refractivity contribution is 5.93. The SMILES string of the molecule is N#Cc1nccc(OC2CC2)c1C(=O)O. The highest BCUT2D eigenvalue weighted by Gasteiger charge is 2.27. The molecule has 0 radical (unpaired) electrons. The van der Waals surface area contributed by atoms with Crippen molar-refractivity contribution >= 4 is 5.97 Å². The summed E-state index contributed by atoms with van der Waals surface area (Å²) in [6.07, 6.45) is 3.34. The molecule has 1 heterocycles. The van der Waals surface area contributed by atoms with Crippen LogP contribution in [-0.2, 0) is 0 Å². The van der Waals surface area contributed by atoms with Gasteiger partial charge in [0.2, 0.25) is 0 Å². The number of carboxylic acids is 1. The summed E-state index contributed by atoms with van der Waals surface area (Å²) in [6.45, 7) is 0. The number of aromatic nitrogens is 1. The van der Waals surface area contributed by atoms with Crippen LogP contribution in [0.1, 0.15) is 28.9 Å². The van der Waals surface area contributed by atoms with Gasteiger partial charge in [0.1, 0.15) is 17.4 Å². The van der Waals surface area contributed by atoms with Crippen LogP contribution < -0.4 is 4.74 Å². The Morgan fingerprint density at radius 2 is 2.40 bits per heavy atom. The Labute approximate surface area is 85.9 Å². The second-order valence-electron chi connectivity index (χ2n) is 3.27. The van der Waals surface area contributed by atoms with E-state index >= 15 is 0 Å². The lowest BCUT2D eigenvalue weighted by atomic mass is 10.2. The Balaban J connectivity index is 2.42. The second-order valence-corrected chi connectivity index (χ2v) is 3.27. The molecule has 5 nitrogen and oxygen atoms in total. The molecule has 0 spiro atoms. The van der Waals surface area contributed by atoms with Gasteiger partial charge >= 0.3 is 5.97 Å². The third-order valence-electron chi connectivity index (χ3n) is 2.05. The van der Waals surface area contributed by atoms with E-state index in [9.17, 15) is 4.79 Å². The smallest absolute Gasteiger partial charge is 0.342 e. The molecule has 0 atom stereocenters. The topological polar surface area (TPSA) is 83.2 Å². The standard InChI is InChI=1S/C10H8N2O3/c11-5-7-9(10(13)14)8(3-4-12-7)15-6-1-2-6/h3-4,6H,1-2H2,(H,13,14). The zero-order valence-corrected chi connectivity index (χ0v) is 7.80. The van der Waals surface area contributed by atoms with E-state index in [1.165, 1.54) is 12.3 Å². The lowest BCUT2D eigenvalue weighted by Crippen LogP contribution is -2.08. The lowest BCUT2D eigenvalue weighted by Gasteiger charge is -2.07. The number of carboxylic acid groups (broad SMARTS) is 1. The molecule has 0 aliphatic heterocycles. The lowest BCUT2D eigenvalue weighted by molar-refractivity contribution is 0.0691. The first-order valence-electron chi connectivity index (χ1n) is 4.51. The summed E-state index contributed by atoms with van der Waals surface area (Å²) in [4.78, 5) is 14.6. The average molecular weight is 204 g/mol. The van der Waals surface area contributed by atoms with Gasteiger partial charge in [-0.15, -0.1) is 0 Å². The van der Waals surface area contributed by atoms with E-state index < -0.39 is 5.97 Å². The predicted molar refractivity (Wildman–Crippen MR) is 49.6 cm³/mol. The molecule has 1 aromatic heterocycles. The third-order valence-corrected chi connectivity index (χ3v) is 2.05. The largest absolute Gasteiger partial charge is 0.489 e. The van der Waals surface area contributed by atoms with Crippen LogP contribution >= 0.6 is 0 Å². The van der Waals surface area contributed by atoms with Gasteiger partial charge in [0.25, 0.3) is 0 Å². The number of pyridine rings is 1. The Hall–Kier alpha value is -2.09. The molecule has 0 saturated heterocycles. The molecular formula is C10H8N2O3. The fourth-order valence-electron chi connectivity index (χ4n) is 1.20. The quantitative estimate of drug-likeness (QED) is 0.799. The summed E-state index contributed by atoms with van der Waals surface area (Å²) < 4.78 is 5.39. The van der Waals surface area contributed by atoms with Crippen LogP contribution in [0.2, 0.25) is 0 Å². The van der Waals surface area contributed by atoms with Gasteiger partial charge in [0, 0.05) is 6.20 Å². The Morgan fingerprint density at radius 3 is 2.93 bits per heavy atom. The first-order valence-corrected chi connectivity index (χ1v) is 4.51. The van der Waals surface area contributed by atoms with E-state index in [2.05, 4.69) is 4.98 Å². The van der Waals surface area contributed by atoms with Crippen molar-refractivity contribution in [1.82, 2.24) is 4.98 Å². The predicted octanol–water partition coefficient (Wildman–Crippen LogP) is 1.19. The summed E-state index contributed by atoms with van der Waals surface area (Å²) in [5, 5.41) is 17.6. The highest BCUT2D eigenvalue weighted by Crippen LogP contribution is 2.29. The molecule has 1 saturated carbocycles. The van der Waals surface area contributed by atoms with Gasteiger partial charge < -0.3 is 9.84 Å². The zero-order valence-electron chi connectivity index (χ0n) is 7.80. The molecule has 1 aromatic rings. The van der Waals surface area contributed by atoms with E-state index in [4.69, 9.17) is 15.1 Å². The van der Waals surface area contributed by atoms with Crippen LogP contribution in [0, 0.1) is 11.3 Å². The maximum absolute atomic E-state index is 10.9. The maximum atomic E-state index is 10.9. The van der Waals surface area contributed by atoms with Gasteiger partial charge in [-0.2, -0.15) is 5.26 Å². The van der Waals surface area contributed by atoms with E-state index in [1.54, 1.807) is 6.07 Å². The number of hydrogen-bond donors (Lipinski definition) is 1. The van der Waals surface area contributed by atoms with Gasteiger partial charge in [0.15, 0.2) is 5.69 Å². The van der Waals surface area contributed by atoms with Crippen molar-refractivity contribution < 1.29 is 14.6 Å². The summed E-state index contributed by atoms with van der Waals surface area (Å²) in [5.41, 5.74) is -0.257. The molecule has 15 heavy (non-hydrogen) atoms. The van der Waals surface area contributed by atoms with Crippen molar-refractivity contribution in [3.05, 3.63) is 23.5 Å². The number of nitrogens with zero attached hydrogens (tertiary/aromatic N) is 2. The molecule has 1 aliphatic carbocycles. The molecule has 1 aliphatic rings. The van der Waals surface area contributed by atoms with Crippen LogP contribution in [0.5, 0.6) is 5.75 Å². The van der Waals surface area contributed by atoms with Gasteiger partial charge in [0.05, 0.1) is 6.10 Å². The number of hydrogen-bond acceptors (Lipinski definition) is 4.